The molecule has 1 aliphatic heterocycles. The Bertz CT molecular complexity index is 1650. The summed E-state index contributed by atoms with van der Waals surface area (Å²) in [5, 5.41) is 6.51. The van der Waals surface area contributed by atoms with Crippen molar-refractivity contribution in [2.24, 2.45) is 5.92 Å². The summed E-state index contributed by atoms with van der Waals surface area (Å²) in [4.78, 5) is 37.8. The Morgan fingerprint density at radius 2 is 1.74 bits per heavy atom. The first-order valence-electron chi connectivity index (χ1n) is 13.4. The van der Waals surface area contributed by atoms with Crippen molar-refractivity contribution in [2.75, 3.05) is 17.2 Å². The normalized spacial score (nSPS) is 21.0. The van der Waals surface area contributed by atoms with Gasteiger partial charge in [0.05, 0.1) is 27.8 Å². The number of rotatable bonds is 9. The Kier molecular flexibility index (Phi) is 10.5. The lowest BCUT2D eigenvalue weighted by atomic mass is 10.0. The van der Waals surface area contributed by atoms with Crippen LogP contribution in [0, 0.1) is 23.4 Å². The average molecular weight is 711 g/mol. The summed E-state index contributed by atoms with van der Waals surface area (Å²) >= 11 is 18.5. The van der Waals surface area contributed by atoms with Crippen molar-refractivity contribution in [3.63, 3.8) is 0 Å². The number of carbonyl (C=O) groups excluding carboxylic acids is 3. The molecular formula is C30H24Cl3F6N3O4. The van der Waals surface area contributed by atoms with Crippen LogP contribution >= 0.6 is 34.8 Å². The number of carbonyl (C=O) groups is 3. The minimum Gasteiger partial charge on any atom is -0.368 e. The lowest BCUT2D eigenvalue weighted by Crippen LogP contribution is -2.28. The third kappa shape index (κ3) is 7.88. The van der Waals surface area contributed by atoms with E-state index in [1.807, 2.05) is 0 Å². The van der Waals surface area contributed by atoms with Crippen molar-refractivity contribution in [3.8, 4) is 0 Å². The van der Waals surface area contributed by atoms with Gasteiger partial charge >= 0.3 is 6.18 Å². The first-order chi connectivity index (χ1) is 21.4. The Labute approximate surface area is 273 Å². The number of ether oxygens (including phenoxy) is 1. The van der Waals surface area contributed by atoms with E-state index in [-0.39, 0.29) is 21.9 Å². The Balaban J connectivity index is 1.39. The van der Waals surface area contributed by atoms with Crippen LogP contribution in [0.25, 0.3) is 0 Å². The third-order valence-corrected chi connectivity index (χ3v) is 8.41. The van der Waals surface area contributed by atoms with Crippen molar-refractivity contribution < 1.29 is 45.5 Å². The minimum absolute atomic E-state index is 0.137. The van der Waals surface area contributed by atoms with E-state index in [1.165, 1.54) is 13.0 Å². The standard InChI is InChI=1S/C30H24Cl3F6N3O4/c1-13(40-28(45)23-22(29(23,32)33)15-10-16(30(37,38)39)12-17(34)11-15)5-6-18(31)14(2)26(43)41-20-8-7-19(35)25(24(20)36)42-27(44)21-4-3-9-46-21/h5-8,10-12,21-23H,2-4,9H2,1H3,(H,40,45)(H,41,43)(H,42,44)/b13-5+,18-6+/t21?,22-,23+/m0/s1. The van der Waals surface area contributed by atoms with Crippen molar-refractivity contribution in [2.45, 2.75) is 42.3 Å². The number of anilines is 2. The van der Waals surface area contributed by atoms with Crippen LogP contribution in [-0.4, -0.2) is 34.8 Å². The van der Waals surface area contributed by atoms with Gasteiger partial charge in [-0.15, -0.1) is 23.2 Å². The molecule has 3 amide bonds. The molecule has 1 saturated heterocycles. The molecule has 0 radical (unpaired) electrons. The SMILES string of the molecule is C=C(C(=O)Nc1ccc(F)c(NC(=O)C2CCCO2)c1F)/C(Cl)=C\C=C(/C)NC(=O)[C@H]1[C@H](c2cc(F)cc(C(F)(F)F)c2)C1(Cl)Cl. The number of benzene rings is 2. The van der Waals surface area contributed by atoms with Gasteiger partial charge in [-0.25, -0.2) is 13.2 Å². The van der Waals surface area contributed by atoms with Crippen molar-refractivity contribution in [3.05, 3.63) is 93.9 Å². The second-order valence-electron chi connectivity index (χ2n) is 10.5. The van der Waals surface area contributed by atoms with Gasteiger partial charge in [0.2, 0.25) is 5.91 Å². The fourth-order valence-electron chi connectivity index (χ4n) is 4.69. The zero-order valence-corrected chi connectivity index (χ0v) is 25.9. The van der Waals surface area contributed by atoms with E-state index in [4.69, 9.17) is 39.5 Å². The molecule has 0 aromatic heterocycles. The van der Waals surface area contributed by atoms with Crippen LogP contribution in [0.2, 0.25) is 0 Å². The summed E-state index contributed by atoms with van der Waals surface area (Å²) in [5.41, 5.74) is -2.96. The lowest BCUT2D eigenvalue weighted by Gasteiger charge is -2.14. The maximum absolute atomic E-state index is 15.0. The molecule has 0 bridgehead atoms. The predicted octanol–water partition coefficient (Wildman–Crippen LogP) is 7.47. The Morgan fingerprint density at radius 1 is 1.04 bits per heavy atom. The summed E-state index contributed by atoms with van der Waals surface area (Å²) < 4.78 is 86.0. The van der Waals surface area contributed by atoms with Crippen LogP contribution in [0.1, 0.15) is 36.8 Å². The van der Waals surface area contributed by atoms with Crippen molar-refractivity contribution in [1.82, 2.24) is 5.32 Å². The van der Waals surface area contributed by atoms with E-state index in [0.29, 0.717) is 31.6 Å². The summed E-state index contributed by atoms with van der Waals surface area (Å²) in [7, 11) is 0. The maximum atomic E-state index is 15.0. The molecule has 3 N–H and O–H groups in total. The van der Waals surface area contributed by atoms with E-state index in [9.17, 15) is 36.3 Å². The topological polar surface area (TPSA) is 96.5 Å². The largest absolute Gasteiger partial charge is 0.416 e. The number of alkyl halides is 5. The Hall–Kier alpha value is -3.52. The van der Waals surface area contributed by atoms with Gasteiger partial charge in [-0.05, 0) is 67.8 Å². The van der Waals surface area contributed by atoms with Crippen LogP contribution in [-0.2, 0) is 25.3 Å². The molecule has 2 aliphatic rings. The summed E-state index contributed by atoms with van der Waals surface area (Å²) in [6.45, 7) is 5.28. The highest BCUT2D eigenvalue weighted by molar-refractivity contribution is 6.53. The van der Waals surface area contributed by atoms with Crippen LogP contribution in [0.4, 0.5) is 37.7 Å². The van der Waals surface area contributed by atoms with E-state index in [2.05, 4.69) is 22.5 Å². The first kappa shape index (κ1) is 35.3. The van der Waals surface area contributed by atoms with Crippen LogP contribution in [0.5, 0.6) is 0 Å². The molecule has 2 fully saturated rings. The zero-order chi connectivity index (χ0) is 34.1. The molecule has 0 spiro atoms. The van der Waals surface area contributed by atoms with Gasteiger partial charge in [0.15, 0.2) is 5.82 Å². The lowest BCUT2D eigenvalue weighted by molar-refractivity contribution is -0.137. The fraction of sp³-hybridized carbons (Fsp3) is 0.300. The maximum Gasteiger partial charge on any atom is 0.416 e. The zero-order valence-electron chi connectivity index (χ0n) is 23.6. The molecule has 3 atom stereocenters. The number of amides is 3. The quantitative estimate of drug-likeness (QED) is 0.109. The molecule has 2 aromatic rings. The average Bonchev–Trinajstić information content (AvgIpc) is 3.28. The summed E-state index contributed by atoms with van der Waals surface area (Å²) in [6.07, 6.45) is -2.29. The highest BCUT2D eigenvalue weighted by Gasteiger charge is 2.67. The Morgan fingerprint density at radius 3 is 2.37 bits per heavy atom. The van der Waals surface area contributed by atoms with E-state index >= 15 is 4.39 Å². The van der Waals surface area contributed by atoms with Crippen molar-refractivity contribution in [1.29, 1.82) is 0 Å². The van der Waals surface area contributed by atoms with E-state index < -0.39 is 80.6 Å². The summed E-state index contributed by atoms with van der Waals surface area (Å²) in [5.74, 6) is -8.39. The van der Waals surface area contributed by atoms with Gasteiger partial charge in [0.1, 0.15) is 27.8 Å². The predicted molar refractivity (Wildman–Crippen MR) is 160 cm³/mol. The molecule has 246 valence electrons. The second kappa shape index (κ2) is 13.7. The third-order valence-electron chi connectivity index (χ3n) is 7.11. The van der Waals surface area contributed by atoms with Gasteiger partial charge in [-0.3, -0.25) is 14.4 Å². The molecule has 16 heteroatoms. The smallest absolute Gasteiger partial charge is 0.368 e. The van der Waals surface area contributed by atoms with Crippen molar-refractivity contribution >= 4 is 63.9 Å². The molecule has 2 aromatic carbocycles. The molecule has 4 rings (SSSR count). The number of hydrogen-bond acceptors (Lipinski definition) is 4. The van der Waals surface area contributed by atoms with Gasteiger partial charge in [0, 0.05) is 18.2 Å². The molecule has 1 unspecified atom stereocenters. The second-order valence-corrected chi connectivity index (χ2v) is 12.3. The van der Waals surface area contributed by atoms with Gasteiger partial charge < -0.3 is 20.7 Å². The van der Waals surface area contributed by atoms with Gasteiger partial charge in [0.25, 0.3) is 11.8 Å². The number of hydrogen-bond donors (Lipinski definition) is 3. The van der Waals surface area contributed by atoms with Crippen LogP contribution in [0.15, 0.2) is 65.4 Å². The molecule has 1 saturated carbocycles. The molecule has 1 aliphatic carbocycles. The minimum atomic E-state index is -4.84. The molecule has 7 nitrogen and oxygen atoms in total. The van der Waals surface area contributed by atoms with Gasteiger partial charge in [-0.2, -0.15) is 13.2 Å². The summed E-state index contributed by atoms with van der Waals surface area (Å²) in [6, 6.07) is 3.56. The number of halogens is 9. The first-order valence-corrected chi connectivity index (χ1v) is 14.6. The van der Waals surface area contributed by atoms with Gasteiger partial charge in [-0.1, -0.05) is 18.2 Å². The van der Waals surface area contributed by atoms with E-state index in [1.54, 1.807) is 0 Å². The molecular weight excluding hydrogens is 687 g/mol. The monoisotopic (exact) mass is 709 g/mol. The molecule has 1 heterocycles. The highest BCUT2D eigenvalue weighted by Crippen LogP contribution is 2.65. The van der Waals surface area contributed by atoms with Crippen LogP contribution < -0.4 is 16.0 Å². The number of nitrogens with one attached hydrogen (secondary N) is 3. The van der Waals surface area contributed by atoms with E-state index in [0.717, 1.165) is 24.3 Å². The number of allylic oxidation sites excluding steroid dienone is 3. The highest BCUT2D eigenvalue weighted by atomic mass is 35.5. The molecule has 46 heavy (non-hydrogen) atoms. The fourth-order valence-corrected chi connectivity index (χ4v) is 5.67. The van der Waals surface area contributed by atoms with Crippen LogP contribution in [0.3, 0.4) is 0 Å².